The summed E-state index contributed by atoms with van der Waals surface area (Å²) in [5.74, 6) is -0.532. The van der Waals surface area contributed by atoms with Crippen molar-refractivity contribution in [2.45, 2.75) is 31.2 Å². The van der Waals surface area contributed by atoms with Gasteiger partial charge in [0, 0.05) is 5.69 Å². The van der Waals surface area contributed by atoms with Gasteiger partial charge in [0.1, 0.15) is 5.82 Å². The number of aliphatic hydroxyl groups excluding tert-OH is 1. The van der Waals surface area contributed by atoms with Crippen LogP contribution in [0.15, 0.2) is 18.2 Å². The number of aliphatic hydroxyl groups is 1. The predicted molar refractivity (Wildman–Crippen MR) is 71.8 cm³/mol. The third-order valence-corrected chi connectivity index (χ3v) is 3.71. The Hall–Kier alpha value is -1.33. The SMILES string of the molecule is O=C(Nc1ccc(F)c(Cl)c1)NC1(CO)CCCC1. The first-order chi connectivity index (χ1) is 9.04. The molecule has 0 aromatic heterocycles. The number of benzene rings is 1. The lowest BCUT2D eigenvalue weighted by Gasteiger charge is -2.27. The number of amides is 2. The standard InChI is InChI=1S/C13H16ClFN2O2/c14-10-7-9(3-4-11(10)15)16-12(19)17-13(8-18)5-1-2-6-13/h3-4,7,18H,1-2,5-6,8H2,(H2,16,17,19). The molecule has 0 spiro atoms. The van der Waals surface area contributed by atoms with Gasteiger partial charge in [0.15, 0.2) is 0 Å². The van der Waals surface area contributed by atoms with E-state index >= 15 is 0 Å². The quantitative estimate of drug-likeness (QED) is 0.800. The van der Waals surface area contributed by atoms with Crippen LogP contribution in [0.5, 0.6) is 0 Å². The molecule has 0 heterocycles. The number of halogens is 2. The van der Waals surface area contributed by atoms with E-state index in [0.717, 1.165) is 25.7 Å². The highest BCUT2D eigenvalue weighted by Crippen LogP contribution is 2.29. The number of carbonyl (C=O) groups is 1. The molecule has 0 atom stereocenters. The van der Waals surface area contributed by atoms with Crippen LogP contribution in [0.1, 0.15) is 25.7 Å². The lowest BCUT2D eigenvalue weighted by atomic mass is 9.99. The second kappa shape index (κ2) is 5.75. The zero-order chi connectivity index (χ0) is 13.9. The molecule has 1 fully saturated rings. The number of urea groups is 1. The monoisotopic (exact) mass is 286 g/mol. The molecule has 2 amide bonds. The van der Waals surface area contributed by atoms with Crippen LogP contribution < -0.4 is 10.6 Å². The smallest absolute Gasteiger partial charge is 0.319 e. The van der Waals surface area contributed by atoms with Crippen LogP contribution in [0.3, 0.4) is 0 Å². The Morgan fingerprint density at radius 2 is 2.11 bits per heavy atom. The van der Waals surface area contributed by atoms with Gasteiger partial charge < -0.3 is 15.7 Å². The van der Waals surface area contributed by atoms with Gasteiger partial charge >= 0.3 is 6.03 Å². The van der Waals surface area contributed by atoms with Crippen molar-refractivity contribution in [3.63, 3.8) is 0 Å². The molecule has 1 aliphatic carbocycles. The molecule has 3 N–H and O–H groups in total. The molecule has 1 aliphatic rings. The lowest BCUT2D eigenvalue weighted by Crippen LogP contribution is -2.50. The van der Waals surface area contributed by atoms with Gasteiger partial charge in [0.2, 0.25) is 0 Å². The number of hydrogen-bond donors (Lipinski definition) is 3. The first kappa shape index (κ1) is 14.1. The normalized spacial score (nSPS) is 17.2. The minimum atomic E-state index is -0.534. The molecule has 1 saturated carbocycles. The minimum Gasteiger partial charge on any atom is -0.394 e. The van der Waals surface area contributed by atoms with Gasteiger partial charge in [-0.2, -0.15) is 0 Å². The first-order valence-corrected chi connectivity index (χ1v) is 6.57. The maximum absolute atomic E-state index is 13.0. The molecule has 0 saturated heterocycles. The highest BCUT2D eigenvalue weighted by atomic mass is 35.5. The zero-order valence-electron chi connectivity index (χ0n) is 10.4. The Morgan fingerprint density at radius 1 is 1.42 bits per heavy atom. The van der Waals surface area contributed by atoms with Crippen molar-refractivity contribution in [2.24, 2.45) is 0 Å². The van der Waals surface area contributed by atoms with Gasteiger partial charge in [-0.25, -0.2) is 9.18 Å². The predicted octanol–water partition coefficient (Wildman–Crippen LogP) is 2.91. The summed E-state index contributed by atoms with van der Waals surface area (Å²) in [6.45, 7) is -0.0788. The van der Waals surface area contributed by atoms with E-state index in [1.807, 2.05) is 0 Å². The number of hydrogen-bond acceptors (Lipinski definition) is 2. The topological polar surface area (TPSA) is 61.4 Å². The Kier molecular flexibility index (Phi) is 4.27. The number of anilines is 1. The van der Waals surface area contributed by atoms with Gasteiger partial charge in [-0.3, -0.25) is 0 Å². The Balaban J connectivity index is 1.99. The molecular weight excluding hydrogens is 271 g/mol. The van der Waals surface area contributed by atoms with Crippen molar-refractivity contribution in [3.8, 4) is 0 Å². The molecule has 19 heavy (non-hydrogen) atoms. The fraction of sp³-hybridized carbons (Fsp3) is 0.462. The van der Waals surface area contributed by atoms with Crippen molar-refractivity contribution in [2.75, 3.05) is 11.9 Å². The van der Waals surface area contributed by atoms with Crippen molar-refractivity contribution in [3.05, 3.63) is 29.0 Å². The number of carbonyl (C=O) groups excluding carboxylic acids is 1. The van der Waals surface area contributed by atoms with Crippen LogP contribution in [0, 0.1) is 5.82 Å². The van der Waals surface area contributed by atoms with E-state index in [0.29, 0.717) is 5.69 Å². The maximum Gasteiger partial charge on any atom is 0.319 e. The molecule has 0 aliphatic heterocycles. The van der Waals surface area contributed by atoms with E-state index in [2.05, 4.69) is 10.6 Å². The average molecular weight is 287 g/mol. The average Bonchev–Trinajstić information content (AvgIpc) is 2.83. The van der Waals surface area contributed by atoms with Crippen molar-refractivity contribution < 1.29 is 14.3 Å². The third kappa shape index (κ3) is 3.36. The Morgan fingerprint density at radius 3 is 2.68 bits per heavy atom. The Bertz CT molecular complexity index is 476. The fourth-order valence-electron chi connectivity index (χ4n) is 2.35. The van der Waals surface area contributed by atoms with E-state index in [9.17, 15) is 14.3 Å². The van der Waals surface area contributed by atoms with Gasteiger partial charge in [0.05, 0.1) is 17.2 Å². The zero-order valence-corrected chi connectivity index (χ0v) is 11.1. The van der Waals surface area contributed by atoms with E-state index < -0.39 is 17.4 Å². The van der Waals surface area contributed by atoms with E-state index in [1.165, 1.54) is 18.2 Å². The molecule has 4 nitrogen and oxygen atoms in total. The third-order valence-electron chi connectivity index (χ3n) is 3.42. The molecule has 1 aromatic rings. The summed E-state index contributed by atoms with van der Waals surface area (Å²) in [6, 6.07) is 3.55. The van der Waals surface area contributed by atoms with Crippen molar-refractivity contribution in [1.29, 1.82) is 0 Å². The lowest BCUT2D eigenvalue weighted by molar-refractivity contribution is 0.167. The largest absolute Gasteiger partial charge is 0.394 e. The van der Waals surface area contributed by atoms with Gasteiger partial charge in [-0.1, -0.05) is 24.4 Å². The summed E-state index contributed by atoms with van der Waals surface area (Å²) in [5.41, 5.74) is -0.122. The summed E-state index contributed by atoms with van der Waals surface area (Å²) < 4.78 is 13.0. The first-order valence-electron chi connectivity index (χ1n) is 6.20. The number of nitrogens with one attached hydrogen (secondary N) is 2. The maximum atomic E-state index is 13.0. The second-order valence-electron chi connectivity index (χ2n) is 4.85. The fourth-order valence-corrected chi connectivity index (χ4v) is 2.53. The molecule has 2 rings (SSSR count). The van der Waals surface area contributed by atoms with Crippen molar-refractivity contribution >= 4 is 23.3 Å². The molecule has 104 valence electrons. The van der Waals surface area contributed by atoms with Crippen molar-refractivity contribution in [1.82, 2.24) is 5.32 Å². The van der Waals surface area contributed by atoms with E-state index in [-0.39, 0.29) is 11.6 Å². The highest BCUT2D eigenvalue weighted by Gasteiger charge is 2.34. The van der Waals surface area contributed by atoms with Crippen LogP contribution in [-0.4, -0.2) is 23.3 Å². The second-order valence-corrected chi connectivity index (χ2v) is 5.26. The van der Waals surface area contributed by atoms with Crippen LogP contribution in [0.4, 0.5) is 14.9 Å². The molecule has 0 radical (unpaired) electrons. The van der Waals surface area contributed by atoms with Gasteiger partial charge in [-0.05, 0) is 31.0 Å². The minimum absolute atomic E-state index is 0.0458. The van der Waals surface area contributed by atoms with Crippen LogP contribution in [0.25, 0.3) is 0 Å². The molecule has 1 aromatic carbocycles. The van der Waals surface area contributed by atoms with E-state index in [4.69, 9.17) is 11.6 Å². The van der Waals surface area contributed by atoms with Crippen LogP contribution >= 0.6 is 11.6 Å². The van der Waals surface area contributed by atoms with Crippen LogP contribution in [-0.2, 0) is 0 Å². The summed E-state index contributed by atoms with van der Waals surface area (Å²) in [7, 11) is 0. The summed E-state index contributed by atoms with van der Waals surface area (Å²) in [4.78, 5) is 11.9. The van der Waals surface area contributed by atoms with Crippen LogP contribution in [0.2, 0.25) is 5.02 Å². The highest BCUT2D eigenvalue weighted by molar-refractivity contribution is 6.31. The Labute approximate surface area is 116 Å². The molecule has 0 unspecified atom stereocenters. The summed E-state index contributed by atoms with van der Waals surface area (Å²) >= 11 is 5.64. The number of rotatable bonds is 3. The summed E-state index contributed by atoms with van der Waals surface area (Å²) in [5, 5.41) is 14.7. The molecule has 6 heteroatoms. The molecular formula is C13H16ClFN2O2. The van der Waals surface area contributed by atoms with Gasteiger partial charge in [-0.15, -0.1) is 0 Å². The summed E-state index contributed by atoms with van der Waals surface area (Å²) in [6.07, 6.45) is 3.51. The molecule has 0 bridgehead atoms. The van der Waals surface area contributed by atoms with Gasteiger partial charge in [0.25, 0.3) is 0 Å². The van der Waals surface area contributed by atoms with E-state index in [1.54, 1.807) is 0 Å².